The van der Waals surface area contributed by atoms with Crippen LogP contribution < -0.4 is 10.1 Å². The molecular weight excluding hydrogens is 336 g/mol. The molecule has 1 aliphatic heterocycles. The maximum Gasteiger partial charge on any atom is 0.253 e. The van der Waals surface area contributed by atoms with E-state index in [1.807, 2.05) is 0 Å². The zero-order valence-electron chi connectivity index (χ0n) is 12.2. The van der Waals surface area contributed by atoms with E-state index in [9.17, 15) is 9.59 Å². The van der Waals surface area contributed by atoms with Crippen LogP contribution in [0.3, 0.4) is 0 Å². The van der Waals surface area contributed by atoms with Crippen LogP contribution in [0.4, 0.5) is 0 Å². The maximum absolute atomic E-state index is 12.5. The van der Waals surface area contributed by atoms with Gasteiger partial charge < -0.3 is 15.0 Å². The number of piperidine rings is 1. The molecule has 0 bridgehead atoms. The fourth-order valence-electron chi connectivity index (χ4n) is 2.53. The molecule has 1 aromatic rings. The number of nitrogens with zero attached hydrogens (tertiary/aromatic N) is 1. The van der Waals surface area contributed by atoms with Crippen molar-refractivity contribution in [1.82, 2.24) is 10.2 Å². The second-order valence-corrected chi connectivity index (χ2v) is 5.88. The van der Waals surface area contributed by atoms with Crippen molar-refractivity contribution in [3.05, 3.63) is 28.2 Å². The number of nitrogens with one attached hydrogen (secondary N) is 1. The van der Waals surface area contributed by atoms with Crippen molar-refractivity contribution >= 4 is 27.7 Å². The van der Waals surface area contributed by atoms with Crippen molar-refractivity contribution in [3.63, 3.8) is 0 Å². The largest absolute Gasteiger partial charge is 0.496 e. The summed E-state index contributed by atoms with van der Waals surface area (Å²) in [5.41, 5.74) is 0.626. The van der Waals surface area contributed by atoms with Gasteiger partial charge in [-0.1, -0.05) is 0 Å². The summed E-state index contributed by atoms with van der Waals surface area (Å²) in [6, 6.07) is 5.30. The SMILES string of the molecule is CNC(=O)C1CCN(C(=O)c2ccc(OC)c(Br)c2)CC1. The maximum atomic E-state index is 12.5. The van der Waals surface area contributed by atoms with Crippen molar-refractivity contribution in [3.8, 4) is 5.75 Å². The molecule has 2 amide bonds. The van der Waals surface area contributed by atoms with Crippen molar-refractivity contribution in [2.75, 3.05) is 27.2 Å². The zero-order chi connectivity index (χ0) is 15.4. The molecule has 0 radical (unpaired) electrons. The monoisotopic (exact) mass is 354 g/mol. The normalized spacial score (nSPS) is 15.7. The Hall–Kier alpha value is -1.56. The third-order valence-corrected chi connectivity index (χ3v) is 4.42. The van der Waals surface area contributed by atoms with Crippen LogP contribution in [0.5, 0.6) is 5.75 Å². The molecule has 6 heteroatoms. The molecule has 1 heterocycles. The van der Waals surface area contributed by atoms with E-state index < -0.39 is 0 Å². The summed E-state index contributed by atoms with van der Waals surface area (Å²) in [5.74, 6) is 0.773. The van der Waals surface area contributed by atoms with E-state index in [2.05, 4.69) is 21.2 Å². The average molecular weight is 355 g/mol. The zero-order valence-corrected chi connectivity index (χ0v) is 13.8. The van der Waals surface area contributed by atoms with E-state index >= 15 is 0 Å². The predicted molar refractivity (Wildman–Crippen MR) is 83.4 cm³/mol. The summed E-state index contributed by atoms with van der Waals surface area (Å²) in [6.45, 7) is 1.22. The highest BCUT2D eigenvalue weighted by Gasteiger charge is 2.27. The number of rotatable bonds is 3. The van der Waals surface area contributed by atoms with Crippen LogP contribution in [0, 0.1) is 5.92 Å². The molecule has 1 N–H and O–H groups in total. The van der Waals surface area contributed by atoms with Crippen LogP contribution >= 0.6 is 15.9 Å². The summed E-state index contributed by atoms with van der Waals surface area (Å²) in [7, 11) is 3.24. The summed E-state index contributed by atoms with van der Waals surface area (Å²) in [6.07, 6.45) is 1.42. The molecule has 0 spiro atoms. The second kappa shape index (κ2) is 6.93. The van der Waals surface area contributed by atoms with E-state index in [0.717, 1.165) is 4.47 Å². The van der Waals surface area contributed by atoms with Crippen molar-refractivity contribution in [1.29, 1.82) is 0 Å². The number of carbonyl (C=O) groups excluding carboxylic acids is 2. The topological polar surface area (TPSA) is 58.6 Å². The highest BCUT2D eigenvalue weighted by molar-refractivity contribution is 9.10. The van der Waals surface area contributed by atoms with Gasteiger partial charge in [0.25, 0.3) is 5.91 Å². The van der Waals surface area contributed by atoms with Gasteiger partial charge in [0.15, 0.2) is 0 Å². The van der Waals surface area contributed by atoms with Crippen LogP contribution in [-0.4, -0.2) is 44.0 Å². The Kier molecular flexibility index (Phi) is 5.22. The Morgan fingerprint density at radius 3 is 2.52 bits per heavy atom. The number of likely N-dealkylation sites (tertiary alicyclic amines) is 1. The first-order chi connectivity index (χ1) is 10.1. The third kappa shape index (κ3) is 3.56. The highest BCUT2D eigenvalue weighted by atomic mass is 79.9. The lowest BCUT2D eigenvalue weighted by atomic mass is 9.95. The minimum Gasteiger partial charge on any atom is -0.496 e. The Balaban J connectivity index is 2.02. The summed E-state index contributed by atoms with van der Waals surface area (Å²) < 4.78 is 5.92. The summed E-state index contributed by atoms with van der Waals surface area (Å²) in [5, 5.41) is 2.67. The second-order valence-electron chi connectivity index (χ2n) is 5.03. The van der Waals surface area contributed by atoms with Crippen LogP contribution in [0.25, 0.3) is 0 Å². The number of ether oxygens (including phenoxy) is 1. The van der Waals surface area contributed by atoms with Gasteiger partial charge in [0.2, 0.25) is 5.91 Å². The predicted octanol–water partition coefficient (Wildman–Crippen LogP) is 2.06. The molecule has 1 aliphatic rings. The minimum absolute atomic E-state index is 0.00582. The fourth-order valence-corrected chi connectivity index (χ4v) is 3.07. The first-order valence-electron chi connectivity index (χ1n) is 6.91. The molecule has 0 unspecified atom stereocenters. The molecule has 114 valence electrons. The molecule has 0 aliphatic carbocycles. The van der Waals surface area contributed by atoms with Crippen LogP contribution in [-0.2, 0) is 4.79 Å². The molecule has 5 nitrogen and oxygen atoms in total. The average Bonchev–Trinajstić information content (AvgIpc) is 2.53. The molecule has 1 aromatic carbocycles. The van der Waals surface area contributed by atoms with E-state index in [4.69, 9.17) is 4.74 Å². The molecular formula is C15H19BrN2O3. The van der Waals surface area contributed by atoms with Gasteiger partial charge in [-0.2, -0.15) is 0 Å². The molecule has 0 aromatic heterocycles. The molecule has 0 saturated carbocycles. The number of amides is 2. The smallest absolute Gasteiger partial charge is 0.253 e. The fraction of sp³-hybridized carbons (Fsp3) is 0.467. The first-order valence-corrected chi connectivity index (χ1v) is 7.70. The van der Waals surface area contributed by atoms with Gasteiger partial charge >= 0.3 is 0 Å². The van der Waals surface area contributed by atoms with E-state index in [0.29, 0.717) is 37.2 Å². The number of hydrogen-bond acceptors (Lipinski definition) is 3. The Labute approximate surface area is 132 Å². The van der Waals surface area contributed by atoms with Crippen LogP contribution in [0.1, 0.15) is 23.2 Å². The third-order valence-electron chi connectivity index (χ3n) is 3.80. The van der Waals surface area contributed by atoms with Crippen LogP contribution in [0.2, 0.25) is 0 Å². The number of methoxy groups -OCH3 is 1. The van der Waals surface area contributed by atoms with Gasteiger partial charge in [-0.3, -0.25) is 9.59 Å². The molecule has 21 heavy (non-hydrogen) atoms. The molecule has 1 saturated heterocycles. The van der Waals surface area contributed by atoms with Crippen molar-refractivity contribution < 1.29 is 14.3 Å². The van der Waals surface area contributed by atoms with Gasteiger partial charge in [0, 0.05) is 31.6 Å². The van der Waals surface area contributed by atoms with Gasteiger partial charge in [0.05, 0.1) is 11.6 Å². The highest BCUT2D eigenvalue weighted by Crippen LogP contribution is 2.27. The quantitative estimate of drug-likeness (QED) is 0.903. The molecule has 0 atom stereocenters. The lowest BCUT2D eigenvalue weighted by molar-refractivity contribution is -0.125. The van der Waals surface area contributed by atoms with Gasteiger partial charge in [-0.15, -0.1) is 0 Å². The van der Waals surface area contributed by atoms with Gasteiger partial charge in [-0.05, 0) is 47.0 Å². The minimum atomic E-state index is -0.00582. The lowest BCUT2D eigenvalue weighted by Gasteiger charge is -2.31. The number of carbonyl (C=O) groups is 2. The standard InChI is InChI=1S/C15H19BrN2O3/c1-17-14(19)10-5-7-18(8-6-10)15(20)11-3-4-13(21-2)12(16)9-11/h3-4,9-10H,5-8H2,1-2H3,(H,17,19). The summed E-state index contributed by atoms with van der Waals surface area (Å²) in [4.78, 5) is 25.9. The van der Waals surface area contributed by atoms with E-state index in [1.54, 1.807) is 37.3 Å². The Morgan fingerprint density at radius 1 is 1.33 bits per heavy atom. The lowest BCUT2D eigenvalue weighted by Crippen LogP contribution is -2.42. The van der Waals surface area contributed by atoms with Gasteiger partial charge in [-0.25, -0.2) is 0 Å². The van der Waals surface area contributed by atoms with E-state index in [1.165, 1.54) is 0 Å². The number of halogens is 1. The Bertz CT molecular complexity index is 540. The number of hydrogen-bond donors (Lipinski definition) is 1. The van der Waals surface area contributed by atoms with Crippen LogP contribution in [0.15, 0.2) is 22.7 Å². The van der Waals surface area contributed by atoms with Gasteiger partial charge in [0.1, 0.15) is 5.75 Å². The van der Waals surface area contributed by atoms with Crippen molar-refractivity contribution in [2.24, 2.45) is 5.92 Å². The molecule has 2 rings (SSSR count). The first kappa shape index (κ1) is 15.8. The van der Waals surface area contributed by atoms with Crippen molar-refractivity contribution in [2.45, 2.75) is 12.8 Å². The summed E-state index contributed by atoms with van der Waals surface area (Å²) >= 11 is 3.39. The Morgan fingerprint density at radius 2 is 2.00 bits per heavy atom. The van der Waals surface area contributed by atoms with E-state index in [-0.39, 0.29) is 17.7 Å². The number of benzene rings is 1. The molecule has 1 fully saturated rings.